The Balaban J connectivity index is 2.19. The first kappa shape index (κ1) is 9.72. The summed E-state index contributed by atoms with van der Waals surface area (Å²) in [5.74, 6) is 0.270. The second-order valence-electron chi connectivity index (χ2n) is 4.44. The maximum atomic E-state index is 10.4. The molecule has 0 spiro atoms. The van der Waals surface area contributed by atoms with E-state index in [0.717, 1.165) is 12.8 Å². The summed E-state index contributed by atoms with van der Waals surface area (Å²) < 4.78 is 0. The molecule has 1 aromatic carbocycles. The van der Waals surface area contributed by atoms with E-state index in [1.54, 1.807) is 0 Å². The molecule has 0 aromatic heterocycles. The van der Waals surface area contributed by atoms with Crippen molar-refractivity contribution < 1.29 is 5.11 Å². The van der Waals surface area contributed by atoms with Gasteiger partial charge >= 0.3 is 0 Å². The lowest BCUT2D eigenvalue weighted by Crippen LogP contribution is -2.31. The lowest BCUT2D eigenvalue weighted by molar-refractivity contribution is 0.0242. The predicted octanol–water partition coefficient (Wildman–Crippen LogP) is 3.10. The van der Waals surface area contributed by atoms with E-state index >= 15 is 0 Å². The van der Waals surface area contributed by atoms with Crippen LogP contribution in [0, 0.1) is 0 Å². The van der Waals surface area contributed by atoms with Gasteiger partial charge in [0.2, 0.25) is 0 Å². The van der Waals surface area contributed by atoms with Crippen LogP contribution in [0.5, 0.6) is 0 Å². The van der Waals surface area contributed by atoms with Crippen molar-refractivity contribution in [3.8, 4) is 0 Å². The minimum Gasteiger partial charge on any atom is -0.389 e. The highest BCUT2D eigenvalue weighted by atomic mass is 16.3. The Labute approximate surface area is 85.8 Å². The molecule has 0 amide bonds. The summed E-state index contributed by atoms with van der Waals surface area (Å²) >= 11 is 0. The van der Waals surface area contributed by atoms with Crippen LogP contribution in [0.15, 0.2) is 30.3 Å². The summed E-state index contributed by atoms with van der Waals surface area (Å²) in [5, 5.41) is 10.4. The summed E-state index contributed by atoms with van der Waals surface area (Å²) in [7, 11) is 0. The predicted molar refractivity (Wildman–Crippen MR) is 58.3 cm³/mol. The average molecular weight is 190 g/mol. The smallest absolute Gasteiger partial charge is 0.0713 e. The van der Waals surface area contributed by atoms with Gasteiger partial charge < -0.3 is 5.11 Å². The van der Waals surface area contributed by atoms with Crippen LogP contribution in [0.25, 0.3) is 0 Å². The van der Waals surface area contributed by atoms with Crippen molar-refractivity contribution in [1.82, 2.24) is 0 Å². The van der Waals surface area contributed by atoms with Gasteiger partial charge in [-0.15, -0.1) is 0 Å². The van der Waals surface area contributed by atoms with E-state index in [1.165, 1.54) is 18.4 Å². The largest absolute Gasteiger partial charge is 0.389 e. The molecule has 1 fully saturated rings. The van der Waals surface area contributed by atoms with Gasteiger partial charge in [-0.1, -0.05) is 50.1 Å². The van der Waals surface area contributed by atoms with Gasteiger partial charge in [0.25, 0.3) is 0 Å². The molecular formula is C13H18O. The Kier molecular flexibility index (Phi) is 2.60. The lowest BCUT2D eigenvalue weighted by Gasteiger charge is -2.30. The molecule has 1 heteroatoms. The average Bonchev–Trinajstić information content (AvgIpc) is 2.67. The van der Waals surface area contributed by atoms with E-state index < -0.39 is 5.60 Å². The van der Waals surface area contributed by atoms with Crippen molar-refractivity contribution in [2.45, 2.75) is 44.1 Å². The number of aliphatic hydroxyl groups is 1. The Morgan fingerprint density at radius 1 is 1.14 bits per heavy atom. The van der Waals surface area contributed by atoms with Gasteiger partial charge in [0.15, 0.2) is 0 Å². The molecule has 1 aromatic rings. The van der Waals surface area contributed by atoms with Gasteiger partial charge in [-0.3, -0.25) is 0 Å². The molecule has 1 saturated carbocycles. The standard InChI is InChI=1S/C13H18O/c1-11(12-7-3-2-4-8-12)13(14)9-5-6-10-13/h2-4,7-8,11,14H,5-6,9-10H2,1H3/t11-/m0/s1. The quantitative estimate of drug-likeness (QED) is 0.759. The molecule has 1 atom stereocenters. The zero-order chi connectivity index (χ0) is 10.0. The highest BCUT2D eigenvalue weighted by molar-refractivity contribution is 5.22. The third kappa shape index (κ3) is 1.69. The second kappa shape index (κ2) is 3.74. The van der Waals surface area contributed by atoms with Crippen LogP contribution in [0.4, 0.5) is 0 Å². The fourth-order valence-corrected chi connectivity index (χ4v) is 2.47. The number of benzene rings is 1. The summed E-state index contributed by atoms with van der Waals surface area (Å²) in [5.41, 5.74) is 0.818. The van der Waals surface area contributed by atoms with Crippen molar-refractivity contribution in [3.63, 3.8) is 0 Å². The van der Waals surface area contributed by atoms with E-state index in [1.807, 2.05) is 18.2 Å². The molecule has 0 aliphatic heterocycles. The summed E-state index contributed by atoms with van der Waals surface area (Å²) in [6.07, 6.45) is 4.27. The molecule has 0 radical (unpaired) electrons. The van der Waals surface area contributed by atoms with Crippen LogP contribution >= 0.6 is 0 Å². The minimum absolute atomic E-state index is 0.270. The Morgan fingerprint density at radius 3 is 2.29 bits per heavy atom. The molecule has 1 nitrogen and oxygen atoms in total. The normalized spacial score (nSPS) is 22.1. The van der Waals surface area contributed by atoms with Crippen molar-refractivity contribution in [1.29, 1.82) is 0 Å². The maximum Gasteiger partial charge on any atom is 0.0713 e. The highest BCUT2D eigenvalue weighted by Gasteiger charge is 2.37. The SMILES string of the molecule is C[C@@H](c1ccccc1)C1(O)CCCC1. The molecule has 1 N–H and O–H groups in total. The number of hydrogen-bond acceptors (Lipinski definition) is 1. The van der Waals surface area contributed by atoms with Crippen LogP contribution in [0.3, 0.4) is 0 Å². The van der Waals surface area contributed by atoms with Crippen molar-refractivity contribution in [3.05, 3.63) is 35.9 Å². The van der Waals surface area contributed by atoms with Crippen LogP contribution in [-0.4, -0.2) is 10.7 Å². The van der Waals surface area contributed by atoms with Crippen molar-refractivity contribution >= 4 is 0 Å². The highest BCUT2D eigenvalue weighted by Crippen LogP contribution is 2.40. The number of rotatable bonds is 2. The van der Waals surface area contributed by atoms with Gasteiger partial charge in [-0.25, -0.2) is 0 Å². The number of hydrogen-bond donors (Lipinski definition) is 1. The third-order valence-electron chi connectivity index (χ3n) is 3.57. The summed E-state index contributed by atoms with van der Waals surface area (Å²) in [4.78, 5) is 0. The van der Waals surface area contributed by atoms with E-state index in [2.05, 4.69) is 19.1 Å². The molecule has 0 unspecified atom stereocenters. The summed E-state index contributed by atoms with van der Waals surface area (Å²) in [6, 6.07) is 10.3. The van der Waals surface area contributed by atoms with Crippen LogP contribution in [-0.2, 0) is 0 Å². The topological polar surface area (TPSA) is 20.2 Å². The van der Waals surface area contributed by atoms with E-state index in [-0.39, 0.29) is 5.92 Å². The van der Waals surface area contributed by atoms with Gasteiger partial charge in [-0.2, -0.15) is 0 Å². The first-order valence-corrected chi connectivity index (χ1v) is 5.50. The maximum absolute atomic E-state index is 10.4. The van der Waals surface area contributed by atoms with Gasteiger partial charge in [0.1, 0.15) is 0 Å². The fourth-order valence-electron chi connectivity index (χ4n) is 2.47. The molecule has 0 heterocycles. The summed E-state index contributed by atoms with van der Waals surface area (Å²) in [6.45, 7) is 2.14. The Bertz CT molecular complexity index is 285. The minimum atomic E-state index is -0.443. The zero-order valence-corrected chi connectivity index (χ0v) is 8.74. The Morgan fingerprint density at radius 2 is 1.71 bits per heavy atom. The van der Waals surface area contributed by atoms with Crippen LogP contribution in [0.1, 0.15) is 44.1 Å². The van der Waals surface area contributed by atoms with Gasteiger partial charge in [0, 0.05) is 5.92 Å². The first-order chi connectivity index (χ1) is 6.72. The van der Waals surface area contributed by atoms with Crippen LogP contribution in [0.2, 0.25) is 0 Å². The molecule has 76 valence electrons. The second-order valence-corrected chi connectivity index (χ2v) is 4.44. The van der Waals surface area contributed by atoms with Crippen molar-refractivity contribution in [2.75, 3.05) is 0 Å². The van der Waals surface area contributed by atoms with Crippen molar-refractivity contribution in [2.24, 2.45) is 0 Å². The molecule has 0 bridgehead atoms. The van der Waals surface area contributed by atoms with E-state index in [9.17, 15) is 5.11 Å². The fraction of sp³-hybridized carbons (Fsp3) is 0.538. The molecule has 1 aliphatic rings. The lowest BCUT2D eigenvalue weighted by atomic mass is 9.82. The first-order valence-electron chi connectivity index (χ1n) is 5.50. The molecule has 14 heavy (non-hydrogen) atoms. The zero-order valence-electron chi connectivity index (χ0n) is 8.74. The monoisotopic (exact) mass is 190 g/mol. The van der Waals surface area contributed by atoms with Crippen LogP contribution < -0.4 is 0 Å². The third-order valence-corrected chi connectivity index (χ3v) is 3.57. The molecule has 1 aliphatic carbocycles. The van der Waals surface area contributed by atoms with E-state index in [4.69, 9.17) is 0 Å². The molecular weight excluding hydrogens is 172 g/mol. The molecule has 2 rings (SSSR count). The Hall–Kier alpha value is -0.820. The van der Waals surface area contributed by atoms with Gasteiger partial charge in [-0.05, 0) is 18.4 Å². The van der Waals surface area contributed by atoms with E-state index in [0.29, 0.717) is 0 Å². The van der Waals surface area contributed by atoms with Gasteiger partial charge in [0.05, 0.1) is 5.60 Å². The molecule has 0 saturated heterocycles.